The zero-order chi connectivity index (χ0) is 22.3. The van der Waals surface area contributed by atoms with Gasteiger partial charge in [-0.3, -0.25) is 9.78 Å². The maximum Gasteiger partial charge on any atom is 0.339 e. The second-order valence-corrected chi connectivity index (χ2v) is 8.25. The van der Waals surface area contributed by atoms with Crippen LogP contribution in [0.2, 0.25) is 0 Å². The number of esters is 1. The van der Waals surface area contributed by atoms with E-state index in [1.807, 2.05) is 12.1 Å². The number of hydrogen-bond acceptors (Lipinski definition) is 7. The molecule has 162 valence electrons. The number of carbonyl (C=O) groups excluding carboxylic acids is 2. The molecule has 2 aromatic carbocycles. The third-order valence-corrected chi connectivity index (χ3v) is 6.29. The number of carbonyl (C=O) groups is 2. The van der Waals surface area contributed by atoms with Crippen molar-refractivity contribution in [2.24, 2.45) is 0 Å². The van der Waals surface area contributed by atoms with Crippen LogP contribution in [-0.2, 0) is 15.1 Å². The molecule has 8 nitrogen and oxygen atoms in total. The Balaban J connectivity index is 1.27. The summed E-state index contributed by atoms with van der Waals surface area (Å²) in [5.74, 6) is -0.538. The lowest BCUT2D eigenvalue weighted by Crippen LogP contribution is -2.49. The van der Waals surface area contributed by atoms with Crippen molar-refractivity contribution in [1.29, 1.82) is 0 Å². The number of anilines is 1. The summed E-state index contributed by atoms with van der Waals surface area (Å²) in [5, 5.41) is 23.0. The Bertz CT molecular complexity index is 1180. The van der Waals surface area contributed by atoms with Crippen molar-refractivity contribution in [1.82, 2.24) is 9.97 Å². The van der Waals surface area contributed by atoms with Gasteiger partial charge in [-0.25, -0.2) is 9.78 Å². The third kappa shape index (κ3) is 3.38. The molecule has 0 bridgehead atoms. The summed E-state index contributed by atoms with van der Waals surface area (Å²) in [4.78, 5) is 33.6. The van der Waals surface area contributed by atoms with Crippen LogP contribution in [0.25, 0.3) is 11.3 Å². The molecule has 2 aliphatic rings. The lowest BCUT2D eigenvalue weighted by atomic mass is 9.72. The van der Waals surface area contributed by atoms with Gasteiger partial charge in [-0.1, -0.05) is 18.2 Å². The first-order valence-corrected chi connectivity index (χ1v) is 10.4. The molecule has 2 heterocycles. The second kappa shape index (κ2) is 7.42. The van der Waals surface area contributed by atoms with E-state index < -0.39 is 17.1 Å². The third-order valence-electron chi connectivity index (χ3n) is 6.29. The number of phenols is 1. The largest absolute Gasteiger partial charge is 0.508 e. The summed E-state index contributed by atoms with van der Waals surface area (Å²) in [6.45, 7) is 0. The number of amides is 1. The molecule has 32 heavy (non-hydrogen) atoms. The summed E-state index contributed by atoms with van der Waals surface area (Å²) in [7, 11) is 0. The molecule has 0 saturated heterocycles. The van der Waals surface area contributed by atoms with Crippen LogP contribution in [0.3, 0.4) is 0 Å². The standard InChI is InChI=1S/C24H21N3O5/c28-16-7-5-15(6-8-16)19-13-26-20(14-25-19)27-22(30)23(31)9-11-24(12-10-23)18-4-2-1-3-17(18)21(29)32-24/h1-8,13-14,28,31H,9-12H2,(H,26,27,30). The number of nitrogens with zero attached hydrogens (tertiary/aromatic N) is 2. The summed E-state index contributed by atoms with van der Waals surface area (Å²) in [6.07, 6.45) is 3.94. The number of rotatable bonds is 3. The van der Waals surface area contributed by atoms with Gasteiger partial charge in [0.15, 0.2) is 5.82 Å². The molecule has 0 atom stereocenters. The molecule has 8 heteroatoms. The predicted molar refractivity (Wildman–Crippen MR) is 115 cm³/mol. The van der Waals surface area contributed by atoms with Crippen molar-refractivity contribution < 1.29 is 24.5 Å². The monoisotopic (exact) mass is 431 g/mol. The Morgan fingerprint density at radius 3 is 2.38 bits per heavy atom. The Morgan fingerprint density at radius 1 is 0.969 bits per heavy atom. The van der Waals surface area contributed by atoms with Crippen molar-refractivity contribution >= 4 is 17.7 Å². The van der Waals surface area contributed by atoms with Gasteiger partial charge in [0.25, 0.3) is 5.91 Å². The fourth-order valence-corrected chi connectivity index (χ4v) is 4.42. The molecule has 3 aromatic rings. The van der Waals surface area contributed by atoms with E-state index in [2.05, 4.69) is 15.3 Å². The van der Waals surface area contributed by atoms with Gasteiger partial charge >= 0.3 is 5.97 Å². The molecule has 1 aliphatic heterocycles. The van der Waals surface area contributed by atoms with Gasteiger partial charge in [-0.15, -0.1) is 0 Å². The zero-order valence-electron chi connectivity index (χ0n) is 17.1. The second-order valence-electron chi connectivity index (χ2n) is 8.25. The topological polar surface area (TPSA) is 122 Å². The van der Waals surface area contributed by atoms with Gasteiger partial charge in [0, 0.05) is 11.1 Å². The van der Waals surface area contributed by atoms with Crippen molar-refractivity contribution in [2.75, 3.05) is 5.32 Å². The lowest BCUT2D eigenvalue weighted by molar-refractivity contribution is -0.144. The fourth-order valence-electron chi connectivity index (χ4n) is 4.42. The summed E-state index contributed by atoms with van der Waals surface area (Å²) in [5.41, 5.74) is 0.353. The first kappa shape index (κ1) is 20.1. The van der Waals surface area contributed by atoms with Crippen LogP contribution >= 0.6 is 0 Å². The Kier molecular flexibility index (Phi) is 4.67. The zero-order valence-corrected chi connectivity index (χ0v) is 17.1. The van der Waals surface area contributed by atoms with E-state index in [4.69, 9.17) is 4.74 Å². The van der Waals surface area contributed by atoms with Crippen LogP contribution in [-0.4, -0.2) is 37.7 Å². The molecule has 5 rings (SSSR count). The number of benzene rings is 2. The highest BCUT2D eigenvalue weighted by Gasteiger charge is 2.52. The van der Waals surface area contributed by atoms with Gasteiger partial charge in [0.2, 0.25) is 0 Å². The number of ether oxygens (including phenoxy) is 1. The molecular weight excluding hydrogens is 410 g/mol. The molecule has 1 amide bonds. The molecule has 1 spiro atoms. The number of aromatic hydroxyl groups is 1. The summed E-state index contributed by atoms with van der Waals surface area (Å²) >= 11 is 0. The maximum atomic E-state index is 12.8. The van der Waals surface area contributed by atoms with E-state index in [1.54, 1.807) is 36.4 Å². The molecule has 1 aliphatic carbocycles. The molecule has 0 radical (unpaired) electrons. The Hall–Kier alpha value is -3.78. The van der Waals surface area contributed by atoms with Gasteiger partial charge in [0.05, 0.1) is 23.7 Å². The van der Waals surface area contributed by atoms with Crippen LogP contribution in [0.15, 0.2) is 60.9 Å². The smallest absolute Gasteiger partial charge is 0.339 e. The summed E-state index contributed by atoms with van der Waals surface area (Å²) < 4.78 is 5.69. The first-order chi connectivity index (χ1) is 15.4. The van der Waals surface area contributed by atoms with Crippen molar-refractivity contribution in [2.45, 2.75) is 36.9 Å². The highest BCUT2D eigenvalue weighted by Crippen LogP contribution is 2.49. The van der Waals surface area contributed by atoms with Crippen LogP contribution in [0.1, 0.15) is 41.6 Å². The van der Waals surface area contributed by atoms with E-state index in [-0.39, 0.29) is 30.4 Å². The lowest BCUT2D eigenvalue weighted by Gasteiger charge is -2.40. The van der Waals surface area contributed by atoms with Gasteiger partial charge in [-0.05, 0) is 56.0 Å². The van der Waals surface area contributed by atoms with Crippen LogP contribution in [0.4, 0.5) is 5.82 Å². The average Bonchev–Trinajstić information content (AvgIpc) is 3.09. The van der Waals surface area contributed by atoms with Gasteiger partial charge in [0.1, 0.15) is 17.0 Å². The number of aromatic nitrogens is 2. The number of fused-ring (bicyclic) bond motifs is 2. The van der Waals surface area contributed by atoms with E-state index in [1.165, 1.54) is 12.4 Å². The van der Waals surface area contributed by atoms with Crippen LogP contribution in [0, 0.1) is 0 Å². The van der Waals surface area contributed by atoms with Crippen LogP contribution < -0.4 is 5.32 Å². The normalized spacial score (nSPS) is 24.1. The quantitative estimate of drug-likeness (QED) is 0.545. The van der Waals surface area contributed by atoms with E-state index in [0.29, 0.717) is 24.1 Å². The summed E-state index contributed by atoms with van der Waals surface area (Å²) in [6, 6.07) is 13.8. The Morgan fingerprint density at radius 2 is 1.69 bits per heavy atom. The molecule has 0 unspecified atom stereocenters. The van der Waals surface area contributed by atoms with Gasteiger partial charge < -0.3 is 20.3 Å². The highest BCUT2D eigenvalue weighted by atomic mass is 16.6. The minimum Gasteiger partial charge on any atom is -0.508 e. The predicted octanol–water partition coefficient (Wildman–Crippen LogP) is 3.16. The fraction of sp³-hybridized carbons (Fsp3) is 0.250. The van der Waals surface area contributed by atoms with Crippen LogP contribution in [0.5, 0.6) is 5.75 Å². The molecule has 1 aromatic heterocycles. The van der Waals surface area contributed by atoms with Crippen molar-refractivity contribution in [3.63, 3.8) is 0 Å². The number of aliphatic hydroxyl groups is 1. The minimum absolute atomic E-state index is 0.152. The number of nitrogens with one attached hydrogen (secondary N) is 1. The van der Waals surface area contributed by atoms with Crippen molar-refractivity contribution in [3.05, 3.63) is 72.1 Å². The number of phenolic OH excluding ortho intramolecular Hbond substituents is 1. The first-order valence-electron chi connectivity index (χ1n) is 10.4. The Labute approximate surface area is 183 Å². The maximum absolute atomic E-state index is 12.8. The number of hydrogen-bond donors (Lipinski definition) is 3. The molecular formula is C24H21N3O5. The molecule has 1 saturated carbocycles. The van der Waals surface area contributed by atoms with E-state index in [0.717, 1.165) is 11.1 Å². The molecule has 3 N–H and O–H groups in total. The van der Waals surface area contributed by atoms with Gasteiger partial charge in [-0.2, -0.15) is 0 Å². The SMILES string of the molecule is O=C1OC2(CCC(O)(C(=O)Nc3cnc(-c4ccc(O)cc4)cn3)CC2)c2ccccc21. The average molecular weight is 431 g/mol. The minimum atomic E-state index is -1.59. The molecule has 1 fully saturated rings. The highest BCUT2D eigenvalue weighted by molar-refractivity contribution is 5.97. The van der Waals surface area contributed by atoms with Crippen molar-refractivity contribution in [3.8, 4) is 17.0 Å². The van der Waals surface area contributed by atoms with E-state index >= 15 is 0 Å². The van der Waals surface area contributed by atoms with E-state index in [9.17, 15) is 19.8 Å².